The summed E-state index contributed by atoms with van der Waals surface area (Å²) in [6.45, 7) is 4.52. The van der Waals surface area contributed by atoms with Gasteiger partial charge in [0.1, 0.15) is 11.3 Å². The van der Waals surface area contributed by atoms with Crippen molar-refractivity contribution in [2.45, 2.75) is 44.7 Å². The fourth-order valence-corrected chi connectivity index (χ4v) is 4.19. The van der Waals surface area contributed by atoms with E-state index in [1.165, 1.54) is 4.57 Å². The number of benzene rings is 1. The molecule has 0 spiro atoms. The van der Waals surface area contributed by atoms with E-state index in [9.17, 15) is 14.7 Å². The predicted molar refractivity (Wildman–Crippen MR) is 106 cm³/mol. The van der Waals surface area contributed by atoms with Crippen LogP contribution in [-0.2, 0) is 0 Å². The van der Waals surface area contributed by atoms with E-state index in [0.29, 0.717) is 19.5 Å². The third kappa shape index (κ3) is 3.04. The molecule has 1 atom stereocenters. The van der Waals surface area contributed by atoms with Crippen molar-refractivity contribution in [1.82, 2.24) is 4.57 Å². The maximum absolute atomic E-state index is 15.7. The number of fused-ring (bicyclic) bond motifs is 1. The molecule has 2 heterocycles. The molecule has 1 aromatic heterocycles. The topological polar surface area (TPSA) is 115 Å². The first-order valence-corrected chi connectivity index (χ1v) is 9.64. The summed E-state index contributed by atoms with van der Waals surface area (Å²) in [4.78, 5) is 25.7. The molecule has 1 aliphatic heterocycles. The van der Waals surface area contributed by atoms with Gasteiger partial charge < -0.3 is 26.0 Å². The Hall–Kier alpha value is -2.68. The lowest BCUT2D eigenvalue weighted by Gasteiger charge is -2.28. The highest BCUT2D eigenvalue weighted by molar-refractivity contribution is 5.99. The van der Waals surface area contributed by atoms with Crippen molar-refractivity contribution in [3.05, 3.63) is 33.6 Å². The zero-order chi connectivity index (χ0) is 21.2. The van der Waals surface area contributed by atoms with Crippen molar-refractivity contribution >= 4 is 28.2 Å². The maximum Gasteiger partial charge on any atom is 0.341 e. The Morgan fingerprint density at radius 2 is 1.90 bits per heavy atom. The van der Waals surface area contributed by atoms with Gasteiger partial charge >= 0.3 is 5.97 Å². The number of anilines is 2. The van der Waals surface area contributed by atoms with E-state index in [4.69, 9.17) is 11.5 Å². The van der Waals surface area contributed by atoms with Crippen LogP contribution < -0.4 is 21.8 Å². The number of pyridine rings is 1. The highest BCUT2D eigenvalue weighted by atomic mass is 19.1. The number of halogens is 2. The summed E-state index contributed by atoms with van der Waals surface area (Å²) in [7, 11) is 0. The minimum atomic E-state index is -1.46. The number of carbonyl (C=O) groups is 1. The van der Waals surface area contributed by atoms with Gasteiger partial charge in [-0.05, 0) is 39.0 Å². The standard InChI is InChI=1S/C20H24F2N4O3/c1-20(2,24)9-5-6-25(7-9)17-13(21)15(23)12-16(14(17)22)26(10-3-4-10)8-11(18(12)27)19(28)29/h8-10H,3-7,23-24H2,1-2H3,(H,28,29)/t9-/m1/s1. The third-order valence-electron chi connectivity index (χ3n) is 6.09. The molecule has 0 bridgehead atoms. The van der Waals surface area contributed by atoms with Gasteiger partial charge in [0.25, 0.3) is 0 Å². The highest BCUT2D eigenvalue weighted by Crippen LogP contribution is 2.42. The summed E-state index contributed by atoms with van der Waals surface area (Å²) >= 11 is 0. The van der Waals surface area contributed by atoms with Crippen LogP contribution in [0.5, 0.6) is 0 Å². The van der Waals surface area contributed by atoms with Crippen molar-refractivity contribution in [3.8, 4) is 0 Å². The highest BCUT2D eigenvalue weighted by Gasteiger charge is 2.37. The number of nitrogen functional groups attached to an aromatic ring is 1. The van der Waals surface area contributed by atoms with Crippen molar-refractivity contribution in [1.29, 1.82) is 0 Å². The fourth-order valence-electron chi connectivity index (χ4n) is 4.19. The monoisotopic (exact) mass is 406 g/mol. The van der Waals surface area contributed by atoms with E-state index in [0.717, 1.165) is 19.0 Å². The summed E-state index contributed by atoms with van der Waals surface area (Å²) in [5.74, 6) is -3.34. The molecule has 0 radical (unpaired) electrons. The molecule has 4 rings (SSSR count). The summed E-state index contributed by atoms with van der Waals surface area (Å²) in [6, 6.07) is -0.141. The Morgan fingerprint density at radius 3 is 2.41 bits per heavy atom. The summed E-state index contributed by atoms with van der Waals surface area (Å²) in [5, 5.41) is 8.94. The van der Waals surface area contributed by atoms with Gasteiger partial charge in [-0.3, -0.25) is 4.79 Å². The van der Waals surface area contributed by atoms with Gasteiger partial charge in [0.15, 0.2) is 11.6 Å². The van der Waals surface area contributed by atoms with E-state index >= 15 is 8.78 Å². The molecule has 2 aromatic rings. The summed E-state index contributed by atoms with van der Waals surface area (Å²) in [6.07, 6.45) is 3.25. The molecule has 0 unspecified atom stereocenters. The average molecular weight is 406 g/mol. The quantitative estimate of drug-likeness (QED) is 0.672. The van der Waals surface area contributed by atoms with E-state index in [2.05, 4.69) is 0 Å². The molecule has 2 aliphatic rings. The van der Waals surface area contributed by atoms with Crippen molar-refractivity contribution in [2.75, 3.05) is 23.7 Å². The second-order valence-corrected chi connectivity index (χ2v) is 8.68. The van der Waals surface area contributed by atoms with Crippen LogP contribution in [0, 0.1) is 17.6 Å². The van der Waals surface area contributed by atoms with Crippen LogP contribution in [0.1, 0.15) is 49.5 Å². The first-order valence-electron chi connectivity index (χ1n) is 9.64. The second kappa shape index (κ2) is 6.41. The van der Waals surface area contributed by atoms with Gasteiger partial charge in [0.05, 0.1) is 16.6 Å². The van der Waals surface area contributed by atoms with Gasteiger partial charge in [-0.25, -0.2) is 13.6 Å². The van der Waals surface area contributed by atoms with Crippen molar-refractivity contribution in [3.63, 3.8) is 0 Å². The third-order valence-corrected chi connectivity index (χ3v) is 6.09. The van der Waals surface area contributed by atoms with Crippen LogP contribution in [0.3, 0.4) is 0 Å². The molecule has 7 nitrogen and oxygen atoms in total. The zero-order valence-corrected chi connectivity index (χ0v) is 16.3. The first-order chi connectivity index (χ1) is 13.5. The summed E-state index contributed by atoms with van der Waals surface area (Å²) in [5.41, 5.74) is 9.15. The van der Waals surface area contributed by atoms with Crippen LogP contribution in [0.4, 0.5) is 20.2 Å². The molecule has 156 valence electrons. The molecule has 1 aliphatic carbocycles. The largest absolute Gasteiger partial charge is 0.477 e. The van der Waals surface area contributed by atoms with Gasteiger partial charge in [-0.15, -0.1) is 0 Å². The minimum Gasteiger partial charge on any atom is -0.477 e. The number of carboxylic acids is 1. The Bertz CT molecular complexity index is 1090. The van der Waals surface area contributed by atoms with E-state index in [-0.39, 0.29) is 23.2 Å². The number of hydrogen-bond acceptors (Lipinski definition) is 5. The first kappa shape index (κ1) is 19.6. The maximum atomic E-state index is 15.7. The van der Waals surface area contributed by atoms with Crippen LogP contribution in [-0.4, -0.2) is 34.3 Å². The summed E-state index contributed by atoms with van der Waals surface area (Å²) < 4.78 is 32.3. The van der Waals surface area contributed by atoms with E-state index in [1.807, 2.05) is 13.8 Å². The number of carboxylic acid groups (broad SMARTS) is 1. The molecule has 2 fully saturated rings. The van der Waals surface area contributed by atoms with Crippen LogP contribution >= 0.6 is 0 Å². The van der Waals surface area contributed by atoms with E-state index < -0.39 is 45.2 Å². The average Bonchev–Trinajstić information content (AvgIpc) is 3.35. The lowest BCUT2D eigenvalue weighted by molar-refractivity contribution is 0.0695. The number of aromatic nitrogens is 1. The number of aromatic carboxylic acids is 1. The number of nitrogens with two attached hydrogens (primary N) is 2. The molecular weight excluding hydrogens is 382 g/mol. The smallest absolute Gasteiger partial charge is 0.341 e. The Kier molecular flexibility index (Phi) is 4.34. The van der Waals surface area contributed by atoms with Gasteiger partial charge in [0, 0.05) is 30.9 Å². The van der Waals surface area contributed by atoms with Crippen LogP contribution in [0.2, 0.25) is 0 Å². The molecule has 1 saturated heterocycles. The van der Waals surface area contributed by atoms with Gasteiger partial charge in [-0.1, -0.05) is 0 Å². The van der Waals surface area contributed by atoms with Gasteiger partial charge in [-0.2, -0.15) is 0 Å². The predicted octanol–water partition coefficient (Wildman–Crippen LogP) is 2.46. The fraction of sp³-hybridized carbons (Fsp3) is 0.500. The lowest BCUT2D eigenvalue weighted by Crippen LogP contribution is -2.42. The number of hydrogen-bond donors (Lipinski definition) is 3. The minimum absolute atomic E-state index is 0.0400. The molecule has 1 aromatic carbocycles. The number of rotatable bonds is 4. The Morgan fingerprint density at radius 1 is 1.24 bits per heavy atom. The molecule has 1 saturated carbocycles. The van der Waals surface area contributed by atoms with Gasteiger partial charge in [0.2, 0.25) is 5.43 Å². The van der Waals surface area contributed by atoms with E-state index in [1.54, 1.807) is 4.90 Å². The SMILES string of the molecule is CC(C)(N)[C@@H]1CCN(c2c(F)c(N)c3c(=O)c(C(=O)O)cn(C4CC4)c3c2F)C1. The van der Waals surface area contributed by atoms with Crippen LogP contribution in [0.25, 0.3) is 10.9 Å². The van der Waals surface area contributed by atoms with Crippen LogP contribution in [0.15, 0.2) is 11.0 Å². The Labute approximate surface area is 165 Å². The van der Waals surface area contributed by atoms with Crippen molar-refractivity contribution in [2.24, 2.45) is 11.7 Å². The molecule has 0 amide bonds. The molecular formula is C20H24F2N4O3. The number of nitrogens with zero attached hydrogens (tertiary/aromatic N) is 2. The normalized spacial score (nSPS) is 19.9. The molecule has 29 heavy (non-hydrogen) atoms. The second-order valence-electron chi connectivity index (χ2n) is 8.68. The van der Waals surface area contributed by atoms with Crippen molar-refractivity contribution < 1.29 is 18.7 Å². The Balaban J connectivity index is 1.98. The zero-order valence-electron chi connectivity index (χ0n) is 16.3. The molecule has 9 heteroatoms. The lowest BCUT2D eigenvalue weighted by atomic mass is 9.88. The molecule has 5 N–H and O–H groups in total.